The van der Waals surface area contributed by atoms with Crippen molar-refractivity contribution < 1.29 is 42.7 Å². The lowest BCUT2D eigenvalue weighted by atomic mass is 9.84. The summed E-state index contributed by atoms with van der Waals surface area (Å²) in [5, 5.41) is 3.01. The molecule has 414 valence electrons. The van der Waals surface area contributed by atoms with Gasteiger partial charge in [0.05, 0.1) is 37.8 Å². The van der Waals surface area contributed by atoms with Gasteiger partial charge in [-0.15, -0.1) is 11.8 Å². The van der Waals surface area contributed by atoms with E-state index in [1.54, 1.807) is 0 Å². The highest BCUT2D eigenvalue weighted by Crippen LogP contribution is 2.49. The van der Waals surface area contributed by atoms with Gasteiger partial charge in [-0.1, -0.05) is 261 Å². The molecule has 10 nitrogen and oxygen atoms in total. The molecule has 0 spiro atoms. The average Bonchev–Trinajstić information content (AvgIpc) is 4.05. The molecule has 1 aliphatic heterocycles. The molecule has 0 saturated carbocycles. The van der Waals surface area contributed by atoms with E-state index in [2.05, 4.69) is 66.0 Å². The zero-order chi connectivity index (χ0) is 55.8. The van der Waals surface area contributed by atoms with E-state index in [0.29, 0.717) is 0 Å². The van der Waals surface area contributed by atoms with Gasteiger partial charge >= 0.3 is 12.1 Å². The van der Waals surface area contributed by atoms with Crippen molar-refractivity contribution in [3.63, 3.8) is 0 Å². The molecule has 9 aromatic carbocycles. The Hall–Kier alpha value is -8.13. The number of amides is 1. The number of esters is 1. The minimum atomic E-state index is -1.39. The number of ether oxygens (including phenoxy) is 7. The van der Waals surface area contributed by atoms with Crippen LogP contribution >= 0.6 is 11.8 Å². The third-order valence-corrected chi connectivity index (χ3v) is 16.6. The molecule has 82 heavy (non-hydrogen) atoms. The Morgan fingerprint density at radius 1 is 0.451 bits per heavy atom. The van der Waals surface area contributed by atoms with Gasteiger partial charge in [-0.25, -0.2) is 9.59 Å². The smallest absolute Gasteiger partial charge is 0.407 e. The first-order valence-corrected chi connectivity index (χ1v) is 28.8. The van der Waals surface area contributed by atoms with E-state index < -0.39 is 53.6 Å². The van der Waals surface area contributed by atoms with Crippen LogP contribution in [0.2, 0.25) is 0 Å². The maximum absolute atomic E-state index is 15.7. The predicted molar refractivity (Wildman–Crippen MR) is 320 cm³/mol. The van der Waals surface area contributed by atoms with Crippen molar-refractivity contribution in [2.45, 2.75) is 73.8 Å². The Kier molecular flexibility index (Phi) is 18.7. The van der Waals surface area contributed by atoms with Gasteiger partial charge in [0.1, 0.15) is 37.1 Å². The van der Waals surface area contributed by atoms with Gasteiger partial charge in [-0.3, -0.25) is 0 Å². The van der Waals surface area contributed by atoms with Crippen LogP contribution in [0.15, 0.2) is 261 Å². The molecule has 6 atom stereocenters. The second-order valence-electron chi connectivity index (χ2n) is 20.4. The minimum absolute atomic E-state index is 0.0321. The number of thioether (sulfide) groups is 1. The first kappa shape index (κ1) is 55.8. The van der Waals surface area contributed by atoms with E-state index in [1.807, 2.05) is 200 Å². The van der Waals surface area contributed by atoms with Crippen LogP contribution in [0.5, 0.6) is 0 Å². The van der Waals surface area contributed by atoms with Crippen molar-refractivity contribution in [2.24, 2.45) is 0 Å². The highest BCUT2D eigenvalue weighted by Gasteiger charge is 2.51. The monoisotopic (exact) mass is 1110 g/mol. The molecule has 11 heteroatoms. The topological polar surface area (TPSA) is 111 Å². The van der Waals surface area contributed by atoms with E-state index >= 15 is 4.79 Å². The molecule has 1 fully saturated rings. The first-order chi connectivity index (χ1) is 40.5. The summed E-state index contributed by atoms with van der Waals surface area (Å²) in [7, 11) is 0. The van der Waals surface area contributed by atoms with Crippen molar-refractivity contribution in [2.75, 3.05) is 19.0 Å². The lowest BCUT2D eigenvalue weighted by molar-refractivity contribution is -0.320. The van der Waals surface area contributed by atoms with Gasteiger partial charge in [0.25, 0.3) is 0 Å². The third-order valence-electron chi connectivity index (χ3n) is 15.0. The van der Waals surface area contributed by atoms with Gasteiger partial charge < -0.3 is 38.5 Å². The normalized spacial score (nSPS) is 17.9. The molecule has 1 heterocycles. The molecule has 1 N–H and O–H groups in total. The predicted octanol–water partition coefficient (Wildman–Crippen LogP) is 13.9. The summed E-state index contributed by atoms with van der Waals surface area (Å²) in [4.78, 5) is 30.3. The molecule has 1 saturated heterocycles. The molecule has 0 bridgehead atoms. The molecule has 0 aromatic heterocycles. The molecular weight excluding hydrogens is 1040 g/mol. The van der Waals surface area contributed by atoms with E-state index in [-0.39, 0.29) is 51.3 Å². The summed E-state index contributed by atoms with van der Waals surface area (Å²) < 4.78 is 46.4. The molecule has 2 aliphatic rings. The summed E-state index contributed by atoms with van der Waals surface area (Å²) in [5.74, 6) is -0.953. The maximum Gasteiger partial charge on any atom is 0.407 e. The number of hydrogen-bond donors (Lipinski definition) is 1. The van der Waals surface area contributed by atoms with Crippen LogP contribution in [-0.4, -0.2) is 67.8 Å². The number of hydrogen-bond acceptors (Lipinski definition) is 10. The van der Waals surface area contributed by atoms with Gasteiger partial charge in [-0.05, 0) is 61.2 Å². The van der Waals surface area contributed by atoms with Gasteiger partial charge in [-0.2, -0.15) is 0 Å². The van der Waals surface area contributed by atoms with Crippen LogP contribution in [0.3, 0.4) is 0 Å². The van der Waals surface area contributed by atoms with Crippen molar-refractivity contribution in [1.82, 2.24) is 5.32 Å². The fraction of sp³-hybridized carbons (Fsp3) is 0.211. The highest BCUT2D eigenvalue weighted by atomic mass is 32.2. The van der Waals surface area contributed by atoms with Crippen molar-refractivity contribution in [1.29, 1.82) is 0 Å². The van der Waals surface area contributed by atoms with Crippen molar-refractivity contribution in [3.05, 3.63) is 311 Å². The quantitative estimate of drug-likeness (QED) is 0.0464. The summed E-state index contributed by atoms with van der Waals surface area (Å²) in [5.41, 5.74) is 11.0. The van der Waals surface area contributed by atoms with Crippen LogP contribution in [0.25, 0.3) is 11.1 Å². The van der Waals surface area contributed by atoms with Crippen LogP contribution in [0.4, 0.5) is 4.79 Å². The number of rotatable bonds is 24. The Bertz CT molecular complexity index is 3280. The molecule has 1 amide bonds. The van der Waals surface area contributed by atoms with Gasteiger partial charge in [0.15, 0.2) is 0 Å². The fourth-order valence-corrected chi connectivity index (χ4v) is 12.5. The van der Waals surface area contributed by atoms with Crippen LogP contribution in [0.1, 0.15) is 56.0 Å². The molecule has 9 aromatic rings. The fourth-order valence-electron chi connectivity index (χ4n) is 11.0. The second kappa shape index (κ2) is 27.6. The molecule has 1 aliphatic carbocycles. The van der Waals surface area contributed by atoms with Gasteiger partial charge in [0, 0.05) is 11.7 Å². The maximum atomic E-state index is 15.7. The lowest BCUT2D eigenvalue weighted by Crippen LogP contribution is -2.62. The lowest BCUT2D eigenvalue weighted by Gasteiger charge is -2.45. The van der Waals surface area contributed by atoms with Crippen LogP contribution in [-0.2, 0) is 69.1 Å². The second-order valence-corrected chi connectivity index (χ2v) is 21.6. The average molecular weight is 1110 g/mol. The number of fused-ring (bicyclic) bond motifs is 3. The Balaban J connectivity index is 0.955. The molecule has 11 rings (SSSR count). The first-order valence-electron chi connectivity index (χ1n) is 27.9. The van der Waals surface area contributed by atoms with Gasteiger partial charge in [0.2, 0.25) is 6.29 Å². The number of carbonyl (C=O) groups excluding carboxylic acids is 2. The zero-order valence-electron chi connectivity index (χ0n) is 45.4. The van der Waals surface area contributed by atoms with Crippen LogP contribution in [0, 0.1) is 0 Å². The SMILES string of the molecule is O=C(N[C@@H](CSC(c1ccccc1)(c1ccccc1)c1ccccc1)C(=O)O[C@H]1O[C@H](COCc2ccccc2)[C@@H](OCc2ccccc2)[C@H](OCc2ccccc2)[C@H]1OCc1ccccc1)OCC1c2ccccc2-c2ccccc21. The van der Waals surface area contributed by atoms with E-state index in [9.17, 15) is 4.79 Å². The number of alkyl carbamates (subject to hydrolysis) is 1. The van der Waals surface area contributed by atoms with Crippen molar-refractivity contribution >= 4 is 23.8 Å². The Morgan fingerprint density at radius 3 is 1.30 bits per heavy atom. The number of nitrogens with one attached hydrogen (secondary N) is 1. The van der Waals surface area contributed by atoms with E-state index in [4.69, 9.17) is 33.2 Å². The standard InChI is InChI=1S/C71H65NO9S/c73-68(81-69-67(78-47-54-32-14-4-15-33-54)66(77-46-53-30-12-3-13-31-53)65(76-45-52-28-10-2-11-29-52)64(80-69)49-75-44-51-26-8-1-9-27-51)63(72-70(74)79-48-62-60-42-24-22-40-58(60)59-41-23-25-43-61(59)62)50-82-71(55-34-16-5-17-35-55,56-36-18-6-19-37-56)57-38-20-7-21-39-57/h1-43,62-67,69H,44-50H2,(H,72,74)/t63-,64+,65+,66-,67+,69+/m0/s1. The van der Waals surface area contributed by atoms with Crippen molar-refractivity contribution in [3.8, 4) is 11.1 Å². The van der Waals surface area contributed by atoms with Crippen LogP contribution < -0.4 is 5.32 Å². The largest absolute Gasteiger partial charge is 0.449 e. The summed E-state index contributed by atoms with van der Waals surface area (Å²) >= 11 is 1.51. The number of carbonyl (C=O) groups is 2. The molecule has 0 radical (unpaired) electrons. The van der Waals surface area contributed by atoms with E-state index in [0.717, 1.165) is 61.2 Å². The summed E-state index contributed by atoms with van der Waals surface area (Å²) in [6, 6.07) is 85.1. The Morgan fingerprint density at radius 2 is 0.841 bits per heavy atom. The Labute approximate surface area is 484 Å². The summed E-state index contributed by atoms with van der Waals surface area (Å²) in [6.45, 7) is 0.899. The zero-order valence-corrected chi connectivity index (χ0v) is 46.2. The van der Waals surface area contributed by atoms with E-state index in [1.165, 1.54) is 11.8 Å². The minimum Gasteiger partial charge on any atom is -0.449 e. The molecular formula is C71H65NO9S. The summed E-state index contributed by atoms with van der Waals surface area (Å²) in [6.07, 6.45) is -5.73. The highest BCUT2D eigenvalue weighted by molar-refractivity contribution is 8.00. The third kappa shape index (κ3) is 13.4. The number of benzene rings is 9. The molecule has 0 unspecified atom stereocenters.